The third kappa shape index (κ3) is 4.85. The topological polar surface area (TPSA) is 132 Å². The van der Waals surface area contributed by atoms with E-state index in [1.807, 2.05) is 0 Å². The summed E-state index contributed by atoms with van der Waals surface area (Å²) in [5.41, 5.74) is 1.36. The van der Waals surface area contributed by atoms with Gasteiger partial charge in [-0.25, -0.2) is 5.01 Å². The van der Waals surface area contributed by atoms with Crippen molar-refractivity contribution in [2.45, 2.75) is 31.7 Å². The zero-order valence-corrected chi connectivity index (χ0v) is 17.7. The Balaban J connectivity index is 1.98. The Kier molecular flexibility index (Phi) is 7.04. The fraction of sp³-hybridized carbons (Fsp3) is 0.318. The molecule has 3 rings (SSSR count). The lowest BCUT2D eigenvalue weighted by Crippen LogP contribution is -2.27. The molecule has 0 saturated carbocycles. The highest BCUT2D eigenvalue weighted by atomic mass is 16.6. The Bertz CT molecular complexity index is 1070. The van der Waals surface area contributed by atoms with E-state index in [4.69, 9.17) is 14.6 Å². The second kappa shape index (κ2) is 9.90. The number of nitro groups is 1. The number of hydrogen-bond acceptors (Lipinski definition) is 7. The number of benzene rings is 2. The van der Waals surface area contributed by atoms with Crippen molar-refractivity contribution in [1.29, 1.82) is 0 Å². The van der Waals surface area contributed by atoms with Crippen LogP contribution in [0.25, 0.3) is 0 Å². The number of methoxy groups -OCH3 is 2. The highest BCUT2D eigenvalue weighted by Gasteiger charge is 2.35. The summed E-state index contributed by atoms with van der Waals surface area (Å²) in [6.45, 7) is 0. The lowest BCUT2D eigenvalue weighted by atomic mass is 9.97. The number of carbonyl (C=O) groups excluding carboxylic acids is 1. The number of ether oxygens (including phenoxy) is 2. The highest BCUT2D eigenvalue weighted by molar-refractivity contribution is 6.06. The molecule has 0 unspecified atom stereocenters. The average Bonchev–Trinajstić information content (AvgIpc) is 3.23. The minimum Gasteiger partial charge on any atom is -0.493 e. The molecule has 0 aliphatic carbocycles. The zero-order chi connectivity index (χ0) is 23.3. The maximum Gasteiger partial charge on any atom is 0.303 e. The highest BCUT2D eigenvalue weighted by Crippen LogP contribution is 2.38. The largest absolute Gasteiger partial charge is 0.493 e. The molecule has 1 amide bonds. The number of para-hydroxylation sites is 1. The van der Waals surface area contributed by atoms with Crippen molar-refractivity contribution in [2.24, 2.45) is 5.10 Å². The minimum atomic E-state index is -0.986. The van der Waals surface area contributed by atoms with Gasteiger partial charge in [-0.3, -0.25) is 19.7 Å². The second-order valence-electron chi connectivity index (χ2n) is 7.14. The van der Waals surface area contributed by atoms with Gasteiger partial charge in [-0.05, 0) is 30.2 Å². The molecule has 1 heterocycles. The quantitative estimate of drug-likeness (QED) is 0.465. The van der Waals surface area contributed by atoms with Crippen LogP contribution in [0.5, 0.6) is 11.5 Å². The van der Waals surface area contributed by atoms with Crippen LogP contribution in [-0.2, 0) is 9.59 Å². The molecular formula is C22H23N3O7. The fourth-order valence-corrected chi connectivity index (χ4v) is 3.60. The number of aliphatic carboxylic acids is 1. The Morgan fingerprint density at radius 3 is 2.53 bits per heavy atom. The van der Waals surface area contributed by atoms with Gasteiger partial charge in [0.25, 0.3) is 5.69 Å². The van der Waals surface area contributed by atoms with Crippen molar-refractivity contribution in [3.8, 4) is 11.5 Å². The summed E-state index contributed by atoms with van der Waals surface area (Å²) in [5.74, 6) is -0.352. The van der Waals surface area contributed by atoms with Crippen LogP contribution in [0.2, 0.25) is 0 Å². The van der Waals surface area contributed by atoms with E-state index in [0.717, 1.165) is 0 Å². The van der Waals surface area contributed by atoms with E-state index >= 15 is 0 Å². The van der Waals surface area contributed by atoms with E-state index in [9.17, 15) is 19.7 Å². The molecule has 1 aliphatic heterocycles. The predicted molar refractivity (Wildman–Crippen MR) is 115 cm³/mol. The van der Waals surface area contributed by atoms with Crippen LogP contribution in [0.1, 0.15) is 42.9 Å². The average molecular weight is 441 g/mol. The molecule has 0 saturated heterocycles. The van der Waals surface area contributed by atoms with Crippen LogP contribution < -0.4 is 9.47 Å². The van der Waals surface area contributed by atoms with Gasteiger partial charge in [-0.15, -0.1) is 0 Å². The lowest BCUT2D eigenvalue weighted by molar-refractivity contribution is -0.385. The summed E-state index contributed by atoms with van der Waals surface area (Å²) in [6.07, 6.45) is 0.274. The number of carboxylic acid groups (broad SMARTS) is 1. The van der Waals surface area contributed by atoms with Crippen molar-refractivity contribution in [1.82, 2.24) is 5.01 Å². The van der Waals surface area contributed by atoms with Crippen LogP contribution in [0.4, 0.5) is 5.69 Å². The maximum atomic E-state index is 12.9. The number of rotatable bonds is 9. The summed E-state index contributed by atoms with van der Waals surface area (Å²) in [5, 5.41) is 26.1. The van der Waals surface area contributed by atoms with Gasteiger partial charge in [0.15, 0.2) is 11.5 Å². The molecule has 0 fully saturated rings. The number of hydrogen-bond donors (Lipinski definition) is 1. The summed E-state index contributed by atoms with van der Waals surface area (Å²) in [4.78, 5) is 34.7. The number of carboxylic acids is 1. The van der Waals surface area contributed by atoms with Crippen molar-refractivity contribution in [3.63, 3.8) is 0 Å². The molecular weight excluding hydrogens is 418 g/mol. The molecule has 10 nitrogen and oxygen atoms in total. The predicted octanol–water partition coefficient (Wildman–Crippen LogP) is 3.54. The van der Waals surface area contributed by atoms with Crippen LogP contribution in [0, 0.1) is 10.1 Å². The molecule has 1 aliphatic rings. The molecule has 1 N–H and O–H groups in total. The first-order chi connectivity index (χ1) is 15.3. The van der Waals surface area contributed by atoms with Crippen molar-refractivity contribution >= 4 is 23.3 Å². The molecule has 0 aromatic heterocycles. The SMILES string of the molecule is COc1ccc([C@@H]2CC(c3ccccc3[N+](=O)[O-])=NN2C(=O)CCCC(=O)O)cc1OC. The molecule has 0 bridgehead atoms. The number of hydrazone groups is 1. The molecule has 2 aromatic carbocycles. The van der Waals surface area contributed by atoms with Gasteiger partial charge in [-0.1, -0.05) is 18.2 Å². The first-order valence-corrected chi connectivity index (χ1v) is 9.92. The van der Waals surface area contributed by atoms with E-state index in [2.05, 4.69) is 5.10 Å². The Morgan fingerprint density at radius 1 is 1.16 bits per heavy atom. The van der Waals surface area contributed by atoms with Crippen LogP contribution in [0.15, 0.2) is 47.6 Å². The molecule has 0 radical (unpaired) electrons. The second-order valence-corrected chi connectivity index (χ2v) is 7.14. The third-order valence-corrected chi connectivity index (χ3v) is 5.15. The molecule has 2 aromatic rings. The van der Waals surface area contributed by atoms with E-state index in [-0.39, 0.29) is 37.3 Å². The number of amides is 1. The van der Waals surface area contributed by atoms with E-state index in [1.165, 1.54) is 25.3 Å². The summed E-state index contributed by atoms with van der Waals surface area (Å²) < 4.78 is 10.6. The monoisotopic (exact) mass is 441 g/mol. The molecule has 1 atom stereocenters. The van der Waals surface area contributed by atoms with E-state index < -0.39 is 16.9 Å². The Labute approximate surface area is 184 Å². The van der Waals surface area contributed by atoms with Gasteiger partial charge in [-0.2, -0.15) is 5.10 Å². The van der Waals surface area contributed by atoms with Crippen molar-refractivity contribution < 1.29 is 29.1 Å². The van der Waals surface area contributed by atoms with Crippen LogP contribution >= 0.6 is 0 Å². The normalized spacial score (nSPS) is 15.2. The van der Waals surface area contributed by atoms with Gasteiger partial charge >= 0.3 is 5.97 Å². The third-order valence-electron chi connectivity index (χ3n) is 5.15. The van der Waals surface area contributed by atoms with Crippen molar-refractivity contribution in [2.75, 3.05) is 14.2 Å². The number of nitro benzene ring substituents is 1. The Morgan fingerprint density at radius 2 is 1.88 bits per heavy atom. The van der Waals surface area contributed by atoms with Crippen LogP contribution in [-0.4, -0.2) is 46.8 Å². The number of nitrogens with zero attached hydrogens (tertiary/aromatic N) is 3. The standard InChI is InChI=1S/C22H23N3O7/c1-31-19-11-10-14(12-20(19)32-2)18-13-16(15-6-3-4-7-17(15)25(29)30)23-24(18)21(26)8-5-9-22(27)28/h3-4,6-7,10-12,18H,5,8-9,13H2,1-2H3,(H,27,28)/t18-/m0/s1. The smallest absolute Gasteiger partial charge is 0.303 e. The molecule has 10 heteroatoms. The van der Waals surface area contributed by atoms with Gasteiger partial charge in [0.05, 0.1) is 36.5 Å². The van der Waals surface area contributed by atoms with E-state index in [1.54, 1.807) is 36.4 Å². The zero-order valence-electron chi connectivity index (χ0n) is 17.7. The first-order valence-electron chi connectivity index (χ1n) is 9.92. The van der Waals surface area contributed by atoms with E-state index in [0.29, 0.717) is 28.3 Å². The summed E-state index contributed by atoms with van der Waals surface area (Å²) >= 11 is 0. The van der Waals surface area contributed by atoms with Gasteiger partial charge in [0.2, 0.25) is 5.91 Å². The van der Waals surface area contributed by atoms with Gasteiger partial charge in [0, 0.05) is 25.3 Å². The maximum absolute atomic E-state index is 12.9. The number of carbonyl (C=O) groups is 2. The lowest BCUT2D eigenvalue weighted by Gasteiger charge is -2.23. The molecule has 32 heavy (non-hydrogen) atoms. The Hall–Kier alpha value is -3.95. The van der Waals surface area contributed by atoms with Crippen molar-refractivity contribution in [3.05, 3.63) is 63.7 Å². The summed E-state index contributed by atoms with van der Waals surface area (Å²) in [6, 6.07) is 10.9. The first kappa shape index (κ1) is 22.7. The van der Waals surface area contributed by atoms with Crippen LogP contribution in [0.3, 0.4) is 0 Å². The van der Waals surface area contributed by atoms with Gasteiger partial charge < -0.3 is 14.6 Å². The minimum absolute atomic E-state index is 0.0102. The molecule has 0 spiro atoms. The fourth-order valence-electron chi connectivity index (χ4n) is 3.60. The molecule has 168 valence electrons. The van der Waals surface area contributed by atoms with Gasteiger partial charge in [0.1, 0.15) is 0 Å². The summed E-state index contributed by atoms with van der Waals surface area (Å²) in [7, 11) is 3.02.